The van der Waals surface area contributed by atoms with Gasteiger partial charge in [-0.05, 0) is 22.0 Å². The molecule has 0 unspecified atom stereocenters. The van der Waals surface area contributed by atoms with E-state index in [4.69, 9.17) is 29.7 Å². The molecule has 6 heteroatoms. The molecule has 0 saturated carbocycles. The third-order valence-electron chi connectivity index (χ3n) is 1.10. The Kier molecular flexibility index (Phi) is 2.89. The molecule has 1 aromatic rings. The number of halogens is 2. The van der Waals surface area contributed by atoms with Crippen LogP contribution in [0.4, 0.5) is 5.69 Å². The largest absolute Gasteiger partial charge is 0.335 e. The summed E-state index contributed by atoms with van der Waals surface area (Å²) in [5.74, 6) is 5.16. The maximum Gasteiger partial charge on any atom is 0.132 e. The van der Waals surface area contributed by atoms with E-state index in [1.165, 1.54) is 0 Å². The van der Waals surface area contributed by atoms with Crippen LogP contribution in [0.5, 0.6) is 0 Å². The van der Waals surface area contributed by atoms with E-state index in [0.29, 0.717) is 15.5 Å². The highest BCUT2D eigenvalue weighted by molar-refractivity contribution is 9.10. The standard InChI is InChI=1S/C5H5BrClN3S/c6-2-1-3(10-8)4(7)9-5(2)11/h1,10H,8H2,(H,9,11). The summed E-state index contributed by atoms with van der Waals surface area (Å²) >= 11 is 13.8. The molecule has 0 atom stereocenters. The Labute approximate surface area is 82.0 Å². The molecule has 11 heavy (non-hydrogen) atoms. The van der Waals surface area contributed by atoms with Crippen molar-refractivity contribution >= 4 is 45.4 Å². The third kappa shape index (κ3) is 1.93. The van der Waals surface area contributed by atoms with E-state index in [9.17, 15) is 0 Å². The van der Waals surface area contributed by atoms with Crippen LogP contribution in [0.1, 0.15) is 0 Å². The molecule has 0 amide bonds. The number of anilines is 1. The van der Waals surface area contributed by atoms with E-state index in [2.05, 4.69) is 26.3 Å². The number of hydrazine groups is 1. The number of pyridine rings is 1. The lowest BCUT2D eigenvalue weighted by Gasteiger charge is -2.02. The van der Waals surface area contributed by atoms with Gasteiger partial charge in [0.15, 0.2) is 0 Å². The van der Waals surface area contributed by atoms with Gasteiger partial charge < -0.3 is 10.4 Å². The molecule has 1 rings (SSSR count). The van der Waals surface area contributed by atoms with Gasteiger partial charge in [0.05, 0.1) is 10.2 Å². The summed E-state index contributed by atoms with van der Waals surface area (Å²) in [6, 6.07) is 1.71. The van der Waals surface area contributed by atoms with Gasteiger partial charge in [-0.15, -0.1) is 0 Å². The number of nitrogens with one attached hydrogen (secondary N) is 2. The Bertz CT molecular complexity index is 324. The maximum absolute atomic E-state index is 5.72. The number of H-pyrrole nitrogens is 1. The fourth-order valence-electron chi connectivity index (χ4n) is 0.587. The lowest BCUT2D eigenvalue weighted by atomic mass is 10.4. The summed E-state index contributed by atoms with van der Waals surface area (Å²) in [4.78, 5) is 2.75. The van der Waals surface area contributed by atoms with Gasteiger partial charge in [0.1, 0.15) is 9.79 Å². The fourth-order valence-corrected chi connectivity index (χ4v) is 1.34. The Balaban J connectivity index is 3.32. The van der Waals surface area contributed by atoms with Crippen molar-refractivity contribution in [1.29, 1.82) is 0 Å². The summed E-state index contributed by atoms with van der Waals surface area (Å²) in [6.07, 6.45) is 0. The number of hydrogen-bond acceptors (Lipinski definition) is 3. The zero-order valence-corrected chi connectivity index (χ0v) is 8.48. The average molecular weight is 255 g/mol. The minimum Gasteiger partial charge on any atom is -0.335 e. The number of nitrogen functional groups attached to an aromatic ring is 1. The lowest BCUT2D eigenvalue weighted by Crippen LogP contribution is -2.07. The molecular weight excluding hydrogens is 250 g/mol. The SMILES string of the molecule is NNc1cc(Br)c(=S)[nH]c1Cl. The van der Waals surface area contributed by atoms with E-state index < -0.39 is 0 Å². The van der Waals surface area contributed by atoms with Gasteiger partial charge in [0.2, 0.25) is 0 Å². The summed E-state index contributed by atoms with van der Waals surface area (Å²) in [7, 11) is 0. The zero-order valence-electron chi connectivity index (χ0n) is 5.32. The molecule has 3 nitrogen and oxygen atoms in total. The highest BCUT2D eigenvalue weighted by Crippen LogP contribution is 2.22. The second kappa shape index (κ2) is 3.53. The van der Waals surface area contributed by atoms with Gasteiger partial charge in [-0.2, -0.15) is 0 Å². The summed E-state index contributed by atoms with van der Waals surface area (Å²) < 4.78 is 1.30. The molecule has 0 aliphatic heterocycles. The molecule has 1 heterocycles. The average Bonchev–Trinajstić information content (AvgIpc) is 1.97. The second-order valence-corrected chi connectivity index (χ2v) is 3.46. The molecule has 0 fully saturated rings. The van der Waals surface area contributed by atoms with Crippen LogP contribution in [0.25, 0.3) is 0 Å². The van der Waals surface area contributed by atoms with Crippen LogP contribution in [-0.4, -0.2) is 4.98 Å². The van der Waals surface area contributed by atoms with Crippen LogP contribution < -0.4 is 11.3 Å². The highest BCUT2D eigenvalue weighted by Gasteiger charge is 2.00. The monoisotopic (exact) mass is 253 g/mol. The van der Waals surface area contributed by atoms with Gasteiger partial charge in [-0.3, -0.25) is 5.84 Å². The van der Waals surface area contributed by atoms with E-state index in [1.807, 2.05) is 0 Å². The first-order valence-corrected chi connectivity index (χ1v) is 4.28. The van der Waals surface area contributed by atoms with E-state index in [1.54, 1.807) is 6.07 Å². The van der Waals surface area contributed by atoms with Crippen molar-refractivity contribution in [3.05, 3.63) is 20.3 Å². The van der Waals surface area contributed by atoms with E-state index >= 15 is 0 Å². The molecule has 4 N–H and O–H groups in total. The van der Waals surface area contributed by atoms with Crippen LogP contribution in [0.3, 0.4) is 0 Å². The highest BCUT2D eigenvalue weighted by atomic mass is 79.9. The topological polar surface area (TPSA) is 53.8 Å². The zero-order chi connectivity index (χ0) is 8.43. The number of aromatic nitrogens is 1. The summed E-state index contributed by atoms with van der Waals surface area (Å²) in [6.45, 7) is 0. The summed E-state index contributed by atoms with van der Waals surface area (Å²) in [5.41, 5.74) is 3.03. The van der Waals surface area contributed by atoms with Crippen LogP contribution in [0.2, 0.25) is 5.15 Å². The Morgan fingerprint density at radius 3 is 2.91 bits per heavy atom. The molecule has 0 bridgehead atoms. The Hall–Kier alpha value is -0.100. The van der Waals surface area contributed by atoms with Crippen molar-refractivity contribution in [3.8, 4) is 0 Å². The quantitative estimate of drug-likeness (QED) is 0.312. The van der Waals surface area contributed by atoms with Crippen molar-refractivity contribution in [2.75, 3.05) is 5.43 Å². The molecule has 0 aliphatic carbocycles. The van der Waals surface area contributed by atoms with Gasteiger partial charge >= 0.3 is 0 Å². The second-order valence-electron chi connectivity index (χ2n) is 1.82. The van der Waals surface area contributed by atoms with Crippen molar-refractivity contribution in [2.45, 2.75) is 0 Å². The first-order valence-electron chi connectivity index (χ1n) is 2.70. The molecule has 0 aliphatic rings. The Morgan fingerprint density at radius 2 is 2.36 bits per heavy atom. The maximum atomic E-state index is 5.72. The molecule has 60 valence electrons. The van der Waals surface area contributed by atoms with Crippen LogP contribution in [-0.2, 0) is 0 Å². The van der Waals surface area contributed by atoms with Crippen LogP contribution in [0, 0.1) is 4.64 Å². The number of aromatic amines is 1. The minimum absolute atomic E-state index is 0.403. The molecular formula is C5H5BrClN3S. The van der Waals surface area contributed by atoms with Crippen molar-refractivity contribution in [2.24, 2.45) is 5.84 Å². The first kappa shape index (κ1) is 8.99. The van der Waals surface area contributed by atoms with Crippen molar-refractivity contribution in [1.82, 2.24) is 4.98 Å². The molecule has 0 spiro atoms. The molecule has 0 aromatic carbocycles. The minimum atomic E-state index is 0.403. The fraction of sp³-hybridized carbons (Fsp3) is 0. The van der Waals surface area contributed by atoms with E-state index in [-0.39, 0.29) is 0 Å². The van der Waals surface area contributed by atoms with Crippen molar-refractivity contribution < 1.29 is 0 Å². The van der Waals surface area contributed by atoms with Crippen molar-refractivity contribution in [3.63, 3.8) is 0 Å². The van der Waals surface area contributed by atoms with Crippen LogP contribution >= 0.6 is 39.7 Å². The number of hydrogen-bond donors (Lipinski definition) is 3. The first-order chi connectivity index (χ1) is 5.15. The van der Waals surface area contributed by atoms with Gasteiger partial charge in [0.25, 0.3) is 0 Å². The van der Waals surface area contributed by atoms with Gasteiger partial charge in [-0.25, -0.2) is 0 Å². The van der Waals surface area contributed by atoms with Crippen LogP contribution in [0.15, 0.2) is 10.5 Å². The lowest BCUT2D eigenvalue weighted by molar-refractivity contribution is 1.24. The molecule has 0 saturated heterocycles. The molecule has 0 radical (unpaired) electrons. The third-order valence-corrected chi connectivity index (χ3v) is 2.61. The normalized spacial score (nSPS) is 9.73. The predicted molar refractivity (Wildman–Crippen MR) is 52.1 cm³/mol. The van der Waals surface area contributed by atoms with E-state index in [0.717, 1.165) is 4.47 Å². The predicted octanol–water partition coefficient (Wildman–Crippen LogP) is 2.45. The van der Waals surface area contributed by atoms with Gasteiger partial charge in [0, 0.05) is 0 Å². The van der Waals surface area contributed by atoms with Gasteiger partial charge in [-0.1, -0.05) is 23.8 Å². The smallest absolute Gasteiger partial charge is 0.132 e. The molecule has 1 aromatic heterocycles. The Morgan fingerprint density at radius 1 is 1.73 bits per heavy atom. The number of rotatable bonds is 1. The summed E-state index contributed by atoms with van der Waals surface area (Å²) in [5, 5.41) is 0.403. The number of nitrogens with two attached hydrogens (primary N) is 1.